The number of carbonyl (C=O) groups excluding carboxylic acids is 4. The van der Waals surface area contributed by atoms with Gasteiger partial charge < -0.3 is 30.2 Å². The number of alkyl carbamates (subject to hydrolysis) is 1. The molecule has 1 saturated heterocycles. The molecule has 0 unspecified atom stereocenters. The number of nitrogens with one attached hydrogen (secondary N) is 3. The van der Waals surface area contributed by atoms with Gasteiger partial charge in [-0.05, 0) is 79.0 Å². The first-order chi connectivity index (χ1) is 25.6. The Labute approximate surface area is 311 Å². The van der Waals surface area contributed by atoms with Crippen molar-refractivity contribution in [1.82, 2.24) is 20.3 Å². The van der Waals surface area contributed by atoms with Crippen LogP contribution in [0.15, 0.2) is 59.8 Å². The van der Waals surface area contributed by atoms with Gasteiger partial charge in [0, 0.05) is 17.7 Å². The largest absolute Gasteiger partial charge is 0.490 e. The maximum absolute atomic E-state index is 13.9. The first-order valence-electron chi connectivity index (χ1n) is 17.7. The molecule has 4 amide bonds. The first kappa shape index (κ1) is 38.7. The highest BCUT2D eigenvalue weighted by Crippen LogP contribution is 2.48. The summed E-state index contributed by atoms with van der Waals surface area (Å²) in [4.78, 5) is 54.5. The maximum atomic E-state index is 13.9. The minimum Gasteiger partial charge on any atom is -0.490 e. The average Bonchev–Trinajstić information content (AvgIpc) is 4.03. The van der Waals surface area contributed by atoms with E-state index in [1.54, 1.807) is 45.1 Å². The van der Waals surface area contributed by atoms with Crippen molar-refractivity contribution in [1.29, 1.82) is 0 Å². The number of nitrogens with zero attached hydrogens (tertiary/aromatic N) is 2. The highest BCUT2D eigenvalue weighted by atomic mass is 32.2. The lowest BCUT2D eigenvalue weighted by molar-refractivity contribution is -0.143. The molecule has 17 heteroatoms. The number of amides is 4. The van der Waals surface area contributed by atoms with Crippen LogP contribution in [0.25, 0.3) is 11.1 Å². The van der Waals surface area contributed by atoms with E-state index >= 15 is 0 Å². The molecule has 1 aliphatic heterocycles. The highest BCUT2D eigenvalue weighted by Gasteiger charge is 2.66. The summed E-state index contributed by atoms with van der Waals surface area (Å²) >= 11 is 0. The van der Waals surface area contributed by atoms with Crippen LogP contribution in [0.4, 0.5) is 13.6 Å². The number of sulfonamides is 1. The number of likely N-dealkylation sites (tertiary alicyclic amines) is 1. The van der Waals surface area contributed by atoms with Crippen LogP contribution in [0, 0.1) is 11.3 Å². The van der Waals surface area contributed by atoms with Gasteiger partial charge in [0.1, 0.15) is 42.3 Å². The minimum absolute atomic E-state index is 0.127. The number of hydrogen-bond donors (Lipinski definition) is 4. The third kappa shape index (κ3) is 7.91. The van der Waals surface area contributed by atoms with Gasteiger partial charge in [0.25, 0.3) is 5.91 Å². The van der Waals surface area contributed by atoms with Gasteiger partial charge in [0.2, 0.25) is 28.3 Å². The van der Waals surface area contributed by atoms with Gasteiger partial charge in [-0.1, -0.05) is 50.2 Å². The van der Waals surface area contributed by atoms with Crippen LogP contribution in [-0.4, -0.2) is 97.1 Å². The molecule has 290 valence electrons. The summed E-state index contributed by atoms with van der Waals surface area (Å²) in [5.74, 6) is -3.74. The Morgan fingerprint density at radius 1 is 1.02 bits per heavy atom. The molecule has 0 radical (unpaired) electrons. The van der Waals surface area contributed by atoms with Gasteiger partial charge in [0.05, 0.1) is 11.2 Å². The second-order valence-corrected chi connectivity index (χ2v) is 17.0. The third-order valence-electron chi connectivity index (χ3n) is 10.1. The van der Waals surface area contributed by atoms with Crippen LogP contribution >= 0.6 is 0 Å². The lowest BCUT2D eigenvalue weighted by Crippen LogP contribution is -2.60. The van der Waals surface area contributed by atoms with E-state index in [0.717, 1.165) is 22.3 Å². The van der Waals surface area contributed by atoms with E-state index in [1.165, 1.54) is 4.90 Å². The van der Waals surface area contributed by atoms with Crippen molar-refractivity contribution in [3.05, 3.63) is 65.7 Å². The molecule has 0 spiro atoms. The van der Waals surface area contributed by atoms with Gasteiger partial charge in [-0.25, -0.2) is 22.0 Å². The second kappa shape index (κ2) is 15.0. The summed E-state index contributed by atoms with van der Waals surface area (Å²) in [5, 5.41) is 17.3. The molecular formula is C37H43F2N5O9S. The molecule has 2 aromatic carbocycles. The zero-order valence-corrected chi connectivity index (χ0v) is 30.8. The van der Waals surface area contributed by atoms with Crippen molar-refractivity contribution in [2.75, 3.05) is 19.8 Å². The van der Waals surface area contributed by atoms with Crippen LogP contribution in [0.3, 0.4) is 0 Å². The molecule has 14 nitrogen and oxygen atoms in total. The van der Waals surface area contributed by atoms with Gasteiger partial charge in [-0.15, -0.1) is 0 Å². The highest BCUT2D eigenvalue weighted by molar-refractivity contribution is 7.91. The molecule has 6 rings (SSSR count). The Bertz CT molecular complexity index is 2000. The van der Waals surface area contributed by atoms with E-state index < -0.39 is 80.9 Å². The SMILES string of the molecule is CC(C)(C)[C@H](NC(=O)OC/C=C\COc1ccc2c(c1)/C(=N\O)c1ccccc1-2)C(=O)N1CCC[C@H]1C(=O)N[C@]1(C(=O)NS(=O)(=O)C2CC2)C[C@H]1C(F)F. The van der Waals surface area contributed by atoms with Crippen molar-refractivity contribution in [3.8, 4) is 16.9 Å². The van der Waals surface area contributed by atoms with E-state index in [9.17, 15) is 41.6 Å². The number of halogens is 2. The normalized spacial score (nSPS) is 23.1. The summed E-state index contributed by atoms with van der Waals surface area (Å²) in [7, 11) is -4.07. The maximum Gasteiger partial charge on any atom is 0.408 e. The molecule has 1 heterocycles. The molecular weight excluding hydrogens is 728 g/mol. The van der Waals surface area contributed by atoms with E-state index in [1.807, 2.05) is 35.1 Å². The summed E-state index contributed by atoms with van der Waals surface area (Å²) in [6.07, 6.45) is 0.104. The number of hydrogen-bond acceptors (Lipinski definition) is 10. The quantitative estimate of drug-likeness (QED) is 0.114. The molecule has 0 bridgehead atoms. The van der Waals surface area contributed by atoms with Crippen molar-refractivity contribution >= 4 is 39.5 Å². The topological polar surface area (TPSA) is 193 Å². The number of alkyl halides is 2. The first-order valence-corrected chi connectivity index (χ1v) is 19.3. The standard InChI is InChI=1S/C37H43F2N5O9S/c1-36(2,3)30(40-35(48)53-18-7-6-17-52-21-12-15-24-23-9-4-5-10-25(23)29(42-49)26(24)19-21)33(46)44-16-8-11-28(44)32(45)41-37(20-27(37)31(38)39)34(47)43-54(50,51)22-13-14-22/h4-7,9-10,12,15,19,22,27-28,30-31,49H,8,11,13-14,16-18,20H2,1-3H3,(H,40,48)(H,41,45)(H,43,47)/b7-6-,42-29-/t27-,28-,30+,37+/m0/s1. The van der Waals surface area contributed by atoms with E-state index in [-0.39, 0.29) is 26.2 Å². The van der Waals surface area contributed by atoms with Crippen LogP contribution in [0.2, 0.25) is 0 Å². The van der Waals surface area contributed by atoms with Crippen LogP contribution < -0.4 is 20.1 Å². The van der Waals surface area contributed by atoms with Crippen LogP contribution in [-0.2, 0) is 29.1 Å². The minimum atomic E-state index is -4.07. The molecule has 4 aliphatic rings. The Hall–Kier alpha value is -5.06. The van der Waals surface area contributed by atoms with E-state index in [0.29, 0.717) is 30.7 Å². The number of rotatable bonds is 13. The summed E-state index contributed by atoms with van der Waals surface area (Å²) < 4.78 is 65.3. The predicted molar refractivity (Wildman–Crippen MR) is 191 cm³/mol. The Kier molecular flexibility index (Phi) is 10.7. The Morgan fingerprint density at radius 2 is 1.70 bits per heavy atom. The molecule has 0 aromatic heterocycles. The predicted octanol–water partition coefficient (Wildman–Crippen LogP) is 3.71. The lowest BCUT2D eigenvalue weighted by Gasteiger charge is -2.35. The molecule has 4 N–H and O–H groups in total. The zero-order valence-electron chi connectivity index (χ0n) is 30.0. The molecule has 2 aromatic rings. The Balaban J connectivity index is 1.02. The zero-order chi connectivity index (χ0) is 39.0. The fraction of sp³-hybridized carbons (Fsp3) is 0.486. The third-order valence-corrected chi connectivity index (χ3v) is 11.9. The number of fused-ring (bicyclic) bond motifs is 3. The molecule has 54 heavy (non-hydrogen) atoms. The van der Waals surface area contributed by atoms with Crippen LogP contribution in [0.5, 0.6) is 5.75 Å². The summed E-state index contributed by atoms with van der Waals surface area (Å²) in [6, 6.07) is 10.8. The van der Waals surface area contributed by atoms with Gasteiger partial charge in [-0.2, -0.15) is 0 Å². The van der Waals surface area contributed by atoms with Gasteiger partial charge in [0.15, 0.2) is 0 Å². The number of ether oxygens (including phenoxy) is 2. The molecule has 2 saturated carbocycles. The summed E-state index contributed by atoms with van der Waals surface area (Å²) in [6.45, 7) is 5.25. The fourth-order valence-corrected chi connectivity index (χ4v) is 8.31. The van der Waals surface area contributed by atoms with Crippen molar-refractivity contribution < 1.29 is 51.1 Å². The monoisotopic (exact) mass is 771 g/mol. The van der Waals surface area contributed by atoms with Crippen molar-refractivity contribution in [2.24, 2.45) is 16.5 Å². The van der Waals surface area contributed by atoms with E-state index in [2.05, 4.69) is 15.8 Å². The second-order valence-electron chi connectivity index (χ2n) is 15.0. The van der Waals surface area contributed by atoms with Gasteiger partial charge in [-0.3, -0.25) is 19.1 Å². The number of oxime groups is 1. The molecule has 3 aliphatic carbocycles. The average molecular weight is 772 g/mol. The summed E-state index contributed by atoms with van der Waals surface area (Å²) in [5.41, 5.74) is 0.920. The smallest absolute Gasteiger partial charge is 0.408 e. The van der Waals surface area contributed by atoms with Crippen molar-refractivity contribution in [2.45, 2.75) is 82.2 Å². The number of carbonyl (C=O) groups is 4. The number of benzene rings is 2. The van der Waals surface area contributed by atoms with Crippen LogP contribution in [0.1, 0.15) is 64.0 Å². The lowest BCUT2D eigenvalue weighted by atomic mass is 9.85. The fourth-order valence-electron chi connectivity index (χ4n) is 6.94. The Morgan fingerprint density at radius 3 is 2.35 bits per heavy atom. The van der Waals surface area contributed by atoms with Crippen molar-refractivity contribution in [3.63, 3.8) is 0 Å². The van der Waals surface area contributed by atoms with E-state index in [4.69, 9.17) is 9.47 Å². The molecule has 4 atom stereocenters. The molecule has 3 fully saturated rings. The van der Waals surface area contributed by atoms with Gasteiger partial charge >= 0.3 is 6.09 Å².